The fourth-order valence-corrected chi connectivity index (χ4v) is 5.52. The predicted octanol–water partition coefficient (Wildman–Crippen LogP) is 4.27. The maximum absolute atomic E-state index is 13.9. The minimum atomic E-state index is -0.124. The zero-order chi connectivity index (χ0) is 24.4. The molecule has 2 aromatic carbocycles. The lowest BCUT2D eigenvalue weighted by Gasteiger charge is -2.41. The Morgan fingerprint density at radius 2 is 1.71 bits per heavy atom. The van der Waals surface area contributed by atoms with E-state index in [1.54, 1.807) is 6.20 Å². The standard InChI is InChI=1S/C28H33N5O2/c1-3-27(34)33-16-15-21-10-8-11-22(31(21)2)19-32(18-20-9-4-7-14-26(20)33)28(35)25-17-29-23-12-5-6-13-24(23)30-25/h4-7,9,12-14,17,21-22H,3,8,10-11,15-16,18-19H2,1-2H3. The number of fused-ring (bicyclic) bond motifs is 4. The Balaban J connectivity index is 1.56. The molecule has 2 aliphatic rings. The molecular weight excluding hydrogens is 438 g/mol. The maximum atomic E-state index is 13.9. The number of rotatable bonds is 2. The minimum absolute atomic E-state index is 0.116. The Bertz CT molecular complexity index is 1230. The van der Waals surface area contributed by atoms with Crippen molar-refractivity contribution in [1.29, 1.82) is 0 Å². The number of benzene rings is 2. The summed E-state index contributed by atoms with van der Waals surface area (Å²) < 4.78 is 0. The van der Waals surface area contributed by atoms with E-state index in [1.807, 2.05) is 65.3 Å². The van der Waals surface area contributed by atoms with Crippen molar-refractivity contribution in [2.75, 3.05) is 25.0 Å². The first-order valence-corrected chi connectivity index (χ1v) is 12.7. The van der Waals surface area contributed by atoms with Gasteiger partial charge in [-0.05, 0) is 50.1 Å². The van der Waals surface area contributed by atoms with Gasteiger partial charge in [-0.3, -0.25) is 19.5 Å². The average molecular weight is 472 g/mol. The smallest absolute Gasteiger partial charge is 0.274 e. The van der Waals surface area contributed by atoms with Crippen LogP contribution in [-0.4, -0.2) is 63.8 Å². The number of hydrogen-bond donors (Lipinski definition) is 0. The molecule has 0 spiro atoms. The van der Waals surface area contributed by atoms with Crippen LogP contribution in [0.3, 0.4) is 0 Å². The third-order valence-corrected chi connectivity index (χ3v) is 7.55. The Hall–Kier alpha value is -3.32. The van der Waals surface area contributed by atoms with Crippen molar-refractivity contribution in [1.82, 2.24) is 19.8 Å². The molecule has 0 aliphatic carbocycles. The van der Waals surface area contributed by atoms with E-state index in [4.69, 9.17) is 0 Å². The molecule has 7 heteroatoms. The molecule has 2 bridgehead atoms. The Labute approximate surface area is 206 Å². The first-order valence-electron chi connectivity index (χ1n) is 12.7. The van der Waals surface area contributed by atoms with E-state index >= 15 is 0 Å². The lowest BCUT2D eigenvalue weighted by Crippen LogP contribution is -2.50. The van der Waals surface area contributed by atoms with Crippen LogP contribution in [0.15, 0.2) is 54.7 Å². The van der Waals surface area contributed by atoms with Gasteiger partial charge < -0.3 is 9.80 Å². The molecule has 3 aromatic rings. The number of likely N-dealkylation sites (N-methyl/N-ethyl adjacent to an activating group) is 1. The summed E-state index contributed by atoms with van der Waals surface area (Å²) in [7, 11) is 2.17. The van der Waals surface area contributed by atoms with Crippen molar-refractivity contribution in [3.8, 4) is 0 Å². The predicted molar refractivity (Wildman–Crippen MR) is 137 cm³/mol. The van der Waals surface area contributed by atoms with Gasteiger partial charge in [0.2, 0.25) is 5.91 Å². The zero-order valence-corrected chi connectivity index (χ0v) is 20.6. The highest BCUT2D eigenvalue weighted by molar-refractivity contribution is 5.95. The second-order valence-corrected chi connectivity index (χ2v) is 9.65. The fraction of sp³-hybridized carbons (Fsp3) is 0.429. The molecule has 2 amide bonds. The number of para-hydroxylation sites is 3. The van der Waals surface area contributed by atoms with Crippen LogP contribution >= 0.6 is 0 Å². The normalized spacial score (nSPS) is 21.3. The topological polar surface area (TPSA) is 69.6 Å². The molecule has 1 fully saturated rings. The molecule has 2 unspecified atom stereocenters. The van der Waals surface area contributed by atoms with Gasteiger partial charge >= 0.3 is 0 Å². The Morgan fingerprint density at radius 3 is 2.54 bits per heavy atom. The maximum Gasteiger partial charge on any atom is 0.274 e. The van der Waals surface area contributed by atoms with E-state index in [-0.39, 0.29) is 17.9 Å². The van der Waals surface area contributed by atoms with Gasteiger partial charge in [0.05, 0.1) is 17.2 Å². The summed E-state index contributed by atoms with van der Waals surface area (Å²) in [5, 5.41) is 0. The van der Waals surface area contributed by atoms with Crippen LogP contribution in [0.25, 0.3) is 11.0 Å². The molecule has 0 saturated carbocycles. The van der Waals surface area contributed by atoms with E-state index in [0.717, 1.165) is 42.5 Å². The molecule has 0 radical (unpaired) electrons. The van der Waals surface area contributed by atoms with Crippen LogP contribution in [0.1, 0.15) is 55.1 Å². The van der Waals surface area contributed by atoms with Gasteiger partial charge in [0.1, 0.15) is 5.69 Å². The van der Waals surface area contributed by atoms with Crippen molar-refractivity contribution in [3.63, 3.8) is 0 Å². The quantitative estimate of drug-likeness (QED) is 0.558. The number of amides is 2. The second-order valence-electron chi connectivity index (χ2n) is 9.65. The Morgan fingerprint density at radius 1 is 0.971 bits per heavy atom. The molecule has 182 valence electrons. The van der Waals surface area contributed by atoms with Crippen molar-refractivity contribution in [2.45, 2.75) is 57.7 Å². The summed E-state index contributed by atoms with van der Waals surface area (Å²) in [5.41, 5.74) is 3.73. The Kier molecular flexibility index (Phi) is 6.77. The monoisotopic (exact) mass is 471 g/mol. The van der Waals surface area contributed by atoms with Gasteiger partial charge in [-0.2, -0.15) is 0 Å². The number of hydrogen-bond acceptors (Lipinski definition) is 5. The summed E-state index contributed by atoms with van der Waals surface area (Å²) in [5.74, 6) is -0.00817. The van der Waals surface area contributed by atoms with Gasteiger partial charge in [0, 0.05) is 43.8 Å². The van der Waals surface area contributed by atoms with Crippen molar-refractivity contribution >= 4 is 28.5 Å². The molecule has 5 rings (SSSR count). The van der Waals surface area contributed by atoms with Crippen LogP contribution < -0.4 is 4.90 Å². The minimum Gasteiger partial charge on any atom is -0.331 e. The molecule has 1 aromatic heterocycles. The van der Waals surface area contributed by atoms with E-state index in [9.17, 15) is 9.59 Å². The number of anilines is 1. The first kappa shape index (κ1) is 23.4. The molecule has 3 heterocycles. The zero-order valence-electron chi connectivity index (χ0n) is 20.6. The van der Waals surface area contributed by atoms with Gasteiger partial charge in [-0.1, -0.05) is 43.7 Å². The highest BCUT2D eigenvalue weighted by Crippen LogP contribution is 2.30. The molecule has 7 nitrogen and oxygen atoms in total. The fourth-order valence-electron chi connectivity index (χ4n) is 5.52. The van der Waals surface area contributed by atoms with Crippen LogP contribution in [0, 0.1) is 0 Å². The number of aromatic nitrogens is 2. The second kappa shape index (κ2) is 10.1. The summed E-state index contributed by atoms with van der Waals surface area (Å²) in [6, 6.07) is 16.3. The van der Waals surface area contributed by atoms with Gasteiger partial charge in [0.25, 0.3) is 5.91 Å². The van der Waals surface area contributed by atoms with Crippen LogP contribution in [0.5, 0.6) is 0 Å². The van der Waals surface area contributed by atoms with Crippen molar-refractivity contribution in [3.05, 3.63) is 66.0 Å². The summed E-state index contributed by atoms with van der Waals surface area (Å²) >= 11 is 0. The van der Waals surface area contributed by atoms with Crippen molar-refractivity contribution in [2.24, 2.45) is 0 Å². The average Bonchev–Trinajstić information content (AvgIpc) is 2.90. The molecule has 0 N–H and O–H groups in total. The third kappa shape index (κ3) is 4.78. The van der Waals surface area contributed by atoms with Gasteiger partial charge in [-0.25, -0.2) is 4.98 Å². The van der Waals surface area contributed by atoms with Crippen LogP contribution in [0.4, 0.5) is 5.69 Å². The van der Waals surface area contributed by atoms with Gasteiger partial charge in [0.15, 0.2) is 0 Å². The van der Waals surface area contributed by atoms with E-state index in [2.05, 4.69) is 21.9 Å². The summed E-state index contributed by atoms with van der Waals surface area (Å²) in [6.45, 7) is 3.64. The third-order valence-electron chi connectivity index (χ3n) is 7.55. The van der Waals surface area contributed by atoms with Crippen LogP contribution in [0.2, 0.25) is 0 Å². The SMILES string of the molecule is CCC(=O)N1CCC2CCCC(CN(C(=O)c3cnc4ccccc4n3)Cc3ccccc31)N2C. The highest BCUT2D eigenvalue weighted by Gasteiger charge is 2.33. The van der Waals surface area contributed by atoms with Gasteiger partial charge in [-0.15, -0.1) is 0 Å². The largest absolute Gasteiger partial charge is 0.331 e. The van der Waals surface area contributed by atoms with E-state index in [1.165, 1.54) is 0 Å². The molecule has 1 saturated heterocycles. The lowest BCUT2D eigenvalue weighted by atomic mass is 9.93. The highest BCUT2D eigenvalue weighted by atomic mass is 16.2. The molecule has 35 heavy (non-hydrogen) atoms. The number of nitrogens with zero attached hydrogens (tertiary/aromatic N) is 5. The number of carbonyl (C=O) groups excluding carboxylic acids is 2. The first-order chi connectivity index (χ1) is 17.0. The molecule has 2 atom stereocenters. The van der Waals surface area contributed by atoms with E-state index < -0.39 is 0 Å². The van der Waals surface area contributed by atoms with E-state index in [0.29, 0.717) is 43.3 Å². The summed E-state index contributed by atoms with van der Waals surface area (Å²) in [4.78, 5) is 42.3. The lowest BCUT2D eigenvalue weighted by molar-refractivity contribution is -0.118. The molecular formula is C28H33N5O2. The summed E-state index contributed by atoms with van der Waals surface area (Å²) in [6.07, 6.45) is 6.27. The number of piperidine rings is 1. The van der Waals surface area contributed by atoms with Crippen molar-refractivity contribution < 1.29 is 9.59 Å². The number of carbonyl (C=O) groups is 2. The molecule has 2 aliphatic heterocycles. The van der Waals surface area contributed by atoms with Crippen LogP contribution in [-0.2, 0) is 11.3 Å².